The fraction of sp³-hybridized carbons (Fsp3) is 0.167. The van der Waals surface area contributed by atoms with Gasteiger partial charge in [0.25, 0.3) is 0 Å². The number of para-hydroxylation sites is 1. The summed E-state index contributed by atoms with van der Waals surface area (Å²) in [5.74, 6) is -0.804. The molecule has 0 amide bonds. The molecule has 2 aromatic carbocycles. The second-order valence-corrected chi connectivity index (χ2v) is 6.36. The molecule has 0 fully saturated rings. The quantitative estimate of drug-likeness (QED) is 0.585. The van der Waals surface area contributed by atoms with Gasteiger partial charge in [0, 0.05) is 18.0 Å². The minimum Gasteiger partial charge on any atom is -0.478 e. The highest BCUT2D eigenvalue weighted by molar-refractivity contribution is 6.31. The number of anilines is 1. The predicted octanol–water partition coefficient (Wildman–Crippen LogP) is 4.11. The molecule has 0 aliphatic heterocycles. The van der Waals surface area contributed by atoms with Crippen molar-refractivity contribution in [2.75, 3.05) is 11.9 Å². The highest BCUT2D eigenvalue weighted by atomic mass is 35.5. The Morgan fingerprint density at radius 3 is 2.68 bits per heavy atom. The van der Waals surface area contributed by atoms with Crippen molar-refractivity contribution < 1.29 is 23.1 Å². The summed E-state index contributed by atoms with van der Waals surface area (Å²) >= 11 is 5.62. The molecule has 3 aromatic rings. The van der Waals surface area contributed by atoms with Crippen LogP contribution >= 0.6 is 11.6 Å². The normalized spacial score (nSPS) is 12.8. The number of hydrogen-bond acceptors (Lipinski definition) is 5. The van der Waals surface area contributed by atoms with Crippen LogP contribution in [-0.4, -0.2) is 27.6 Å². The highest BCUT2D eigenvalue weighted by Gasteiger charge is 2.33. The molecule has 4 N–H and O–H groups in total. The Kier molecular flexibility index (Phi) is 5.39. The van der Waals surface area contributed by atoms with Crippen LogP contribution in [0.2, 0.25) is 5.02 Å². The van der Waals surface area contributed by atoms with Gasteiger partial charge in [0.1, 0.15) is 12.1 Å². The van der Waals surface area contributed by atoms with Gasteiger partial charge < -0.3 is 16.2 Å². The number of nitrogens with zero attached hydrogens (tertiary/aromatic N) is 2. The fourth-order valence-corrected chi connectivity index (χ4v) is 2.94. The molecule has 0 bridgehead atoms. The van der Waals surface area contributed by atoms with Crippen molar-refractivity contribution in [3.05, 3.63) is 64.4 Å². The summed E-state index contributed by atoms with van der Waals surface area (Å²) in [4.78, 5) is 19.4. The Morgan fingerprint density at radius 2 is 2.00 bits per heavy atom. The SMILES string of the molecule is NC(CNc1ncnc2c(C(=O)O)cccc12)c1ccc(Cl)c(C(F)(F)F)c1. The number of carboxylic acids is 1. The van der Waals surface area contributed by atoms with Crippen LogP contribution in [0, 0.1) is 0 Å². The zero-order valence-corrected chi connectivity index (χ0v) is 14.9. The second kappa shape index (κ2) is 7.61. The average Bonchev–Trinajstić information content (AvgIpc) is 2.64. The number of nitrogens with two attached hydrogens (primary N) is 1. The van der Waals surface area contributed by atoms with E-state index in [1.807, 2.05) is 0 Å². The molecule has 1 heterocycles. The molecule has 0 saturated carbocycles. The molecule has 3 rings (SSSR count). The Hall–Kier alpha value is -2.91. The van der Waals surface area contributed by atoms with E-state index in [1.165, 1.54) is 18.5 Å². The van der Waals surface area contributed by atoms with Crippen LogP contribution in [0.3, 0.4) is 0 Å². The number of aromatic nitrogens is 2. The average molecular weight is 411 g/mol. The fourth-order valence-electron chi connectivity index (χ4n) is 2.72. The maximum Gasteiger partial charge on any atom is 0.417 e. The van der Waals surface area contributed by atoms with Gasteiger partial charge in [0.05, 0.1) is 21.7 Å². The van der Waals surface area contributed by atoms with Crippen LogP contribution < -0.4 is 11.1 Å². The van der Waals surface area contributed by atoms with E-state index in [4.69, 9.17) is 17.3 Å². The van der Waals surface area contributed by atoms with Crippen LogP contribution in [0.4, 0.5) is 19.0 Å². The molecule has 10 heteroatoms. The highest BCUT2D eigenvalue weighted by Crippen LogP contribution is 2.36. The van der Waals surface area contributed by atoms with Crippen LogP contribution in [0.25, 0.3) is 10.9 Å². The molecule has 146 valence electrons. The number of rotatable bonds is 5. The lowest BCUT2D eigenvalue weighted by Crippen LogP contribution is -2.22. The first-order valence-corrected chi connectivity index (χ1v) is 8.39. The Labute approximate surface area is 162 Å². The molecule has 1 atom stereocenters. The Bertz CT molecular complexity index is 1040. The summed E-state index contributed by atoms with van der Waals surface area (Å²) < 4.78 is 39.0. The molecule has 6 nitrogen and oxygen atoms in total. The molecular formula is C18H14ClF3N4O2. The summed E-state index contributed by atoms with van der Waals surface area (Å²) in [5.41, 5.74) is 5.56. The molecule has 0 spiro atoms. The van der Waals surface area contributed by atoms with E-state index in [0.717, 1.165) is 12.1 Å². The number of alkyl halides is 3. The lowest BCUT2D eigenvalue weighted by atomic mass is 10.0. The number of nitrogens with one attached hydrogen (secondary N) is 1. The molecule has 1 aromatic heterocycles. The lowest BCUT2D eigenvalue weighted by molar-refractivity contribution is -0.137. The molecule has 0 saturated heterocycles. The van der Waals surface area contributed by atoms with E-state index < -0.39 is 28.8 Å². The number of fused-ring (bicyclic) bond motifs is 1. The van der Waals surface area contributed by atoms with Crippen molar-refractivity contribution in [1.82, 2.24) is 9.97 Å². The number of halogens is 4. The van der Waals surface area contributed by atoms with Gasteiger partial charge in [-0.15, -0.1) is 0 Å². The third-order valence-corrected chi connectivity index (χ3v) is 4.44. The van der Waals surface area contributed by atoms with E-state index in [0.29, 0.717) is 11.2 Å². The number of carbonyl (C=O) groups is 1. The molecule has 1 unspecified atom stereocenters. The lowest BCUT2D eigenvalue weighted by Gasteiger charge is -2.17. The summed E-state index contributed by atoms with van der Waals surface area (Å²) in [6, 6.07) is 7.30. The first-order chi connectivity index (χ1) is 13.2. The summed E-state index contributed by atoms with van der Waals surface area (Å²) in [7, 11) is 0. The zero-order valence-electron chi connectivity index (χ0n) is 14.2. The smallest absolute Gasteiger partial charge is 0.417 e. The van der Waals surface area contributed by atoms with Crippen LogP contribution in [-0.2, 0) is 6.18 Å². The first kappa shape index (κ1) is 19.8. The summed E-state index contributed by atoms with van der Waals surface area (Å²) in [6.45, 7) is 0.0579. The van der Waals surface area contributed by atoms with Crippen LogP contribution in [0.5, 0.6) is 0 Å². The number of hydrogen-bond donors (Lipinski definition) is 3. The zero-order chi connectivity index (χ0) is 20.5. The maximum absolute atomic E-state index is 13.0. The van der Waals surface area contributed by atoms with Crippen molar-refractivity contribution in [2.45, 2.75) is 12.2 Å². The van der Waals surface area contributed by atoms with Gasteiger partial charge in [0.15, 0.2) is 0 Å². The molecule has 28 heavy (non-hydrogen) atoms. The van der Waals surface area contributed by atoms with Crippen molar-refractivity contribution in [3.63, 3.8) is 0 Å². The molecule has 0 radical (unpaired) electrons. The third-order valence-electron chi connectivity index (χ3n) is 4.11. The van der Waals surface area contributed by atoms with E-state index in [-0.39, 0.29) is 23.2 Å². The van der Waals surface area contributed by atoms with Crippen LogP contribution in [0.1, 0.15) is 27.5 Å². The largest absolute Gasteiger partial charge is 0.478 e. The third kappa shape index (κ3) is 4.00. The first-order valence-electron chi connectivity index (χ1n) is 8.01. The van der Waals surface area contributed by atoms with E-state index in [9.17, 15) is 23.1 Å². The Balaban J connectivity index is 1.85. The van der Waals surface area contributed by atoms with Gasteiger partial charge in [-0.3, -0.25) is 0 Å². The minimum atomic E-state index is -4.59. The van der Waals surface area contributed by atoms with E-state index in [2.05, 4.69) is 15.3 Å². The van der Waals surface area contributed by atoms with Crippen molar-refractivity contribution in [1.29, 1.82) is 0 Å². The van der Waals surface area contributed by atoms with Gasteiger partial charge in [-0.1, -0.05) is 23.7 Å². The topological polar surface area (TPSA) is 101 Å². The monoisotopic (exact) mass is 410 g/mol. The minimum absolute atomic E-state index is 0.0137. The molecule has 0 aliphatic carbocycles. The van der Waals surface area contributed by atoms with Gasteiger partial charge in [0.2, 0.25) is 0 Å². The van der Waals surface area contributed by atoms with E-state index >= 15 is 0 Å². The standard InChI is InChI=1S/C18H14ClF3N4O2/c19-13-5-4-9(6-12(13)18(20,21)22)14(23)7-24-16-10-2-1-3-11(17(27)28)15(10)25-8-26-16/h1-6,8,14H,7,23H2,(H,27,28)(H,24,25,26). The second-order valence-electron chi connectivity index (χ2n) is 5.95. The van der Waals surface area contributed by atoms with Crippen LogP contribution in [0.15, 0.2) is 42.7 Å². The number of carboxylic acid groups (broad SMARTS) is 1. The molecule has 0 aliphatic rings. The summed E-state index contributed by atoms with van der Waals surface area (Å²) in [6.07, 6.45) is -3.39. The van der Waals surface area contributed by atoms with Crippen molar-refractivity contribution in [3.8, 4) is 0 Å². The van der Waals surface area contributed by atoms with E-state index in [1.54, 1.807) is 12.1 Å². The molecular weight excluding hydrogens is 397 g/mol. The predicted molar refractivity (Wildman–Crippen MR) is 98.4 cm³/mol. The maximum atomic E-state index is 13.0. The van der Waals surface area contributed by atoms with Gasteiger partial charge in [-0.25, -0.2) is 14.8 Å². The van der Waals surface area contributed by atoms with Gasteiger partial charge >= 0.3 is 12.1 Å². The van der Waals surface area contributed by atoms with Gasteiger partial charge in [-0.2, -0.15) is 13.2 Å². The van der Waals surface area contributed by atoms with Gasteiger partial charge in [-0.05, 0) is 29.8 Å². The Morgan fingerprint density at radius 1 is 1.25 bits per heavy atom. The van der Waals surface area contributed by atoms with Crippen molar-refractivity contribution in [2.24, 2.45) is 5.73 Å². The van der Waals surface area contributed by atoms with Crippen molar-refractivity contribution >= 4 is 34.3 Å². The number of benzene rings is 2. The number of aromatic carboxylic acids is 1. The summed E-state index contributed by atoms with van der Waals surface area (Å²) in [5, 5.41) is 12.2.